The first-order valence-electron chi connectivity index (χ1n) is 5.52. The Kier molecular flexibility index (Phi) is 2.55. The van der Waals surface area contributed by atoms with Crippen molar-refractivity contribution in [3.63, 3.8) is 0 Å². The molecule has 82 valence electrons. The Morgan fingerprint density at radius 2 is 2.20 bits per heavy atom. The lowest BCUT2D eigenvalue weighted by Gasteiger charge is -2.20. The number of hydrogen-bond donors (Lipinski definition) is 1. The number of nitrogens with zero attached hydrogens (tertiary/aromatic N) is 2. The molecule has 2 N–H and O–H groups in total. The second kappa shape index (κ2) is 3.72. The number of hydrogen-bond acceptors (Lipinski definition) is 3. The molecular weight excluding hydrogens is 186 g/mol. The van der Waals surface area contributed by atoms with Gasteiger partial charge in [-0.1, -0.05) is 6.92 Å². The van der Waals surface area contributed by atoms with Crippen LogP contribution < -0.4 is 10.6 Å². The fourth-order valence-corrected chi connectivity index (χ4v) is 1.95. The van der Waals surface area contributed by atoms with Gasteiger partial charge in [-0.25, -0.2) is 4.98 Å². The standard InChI is InChI=1S/C12H19N3/c1-8-6-10(8)7-15(3)12-11(13)5-4-9(2)14-12/h4-5,8,10H,6-7,13H2,1-3H3. The molecule has 2 atom stereocenters. The van der Waals surface area contributed by atoms with Gasteiger partial charge in [-0.2, -0.15) is 0 Å². The van der Waals surface area contributed by atoms with Crippen molar-refractivity contribution in [2.75, 3.05) is 24.2 Å². The summed E-state index contributed by atoms with van der Waals surface area (Å²) in [5, 5.41) is 0. The van der Waals surface area contributed by atoms with Crippen LogP contribution in [-0.4, -0.2) is 18.6 Å². The molecule has 0 saturated heterocycles. The molecule has 0 aromatic carbocycles. The van der Waals surface area contributed by atoms with Gasteiger partial charge in [0.15, 0.2) is 5.82 Å². The molecule has 1 saturated carbocycles. The maximum absolute atomic E-state index is 5.92. The molecule has 1 aliphatic rings. The Balaban J connectivity index is 2.10. The van der Waals surface area contributed by atoms with E-state index in [1.807, 2.05) is 19.1 Å². The molecule has 15 heavy (non-hydrogen) atoms. The van der Waals surface area contributed by atoms with E-state index in [1.54, 1.807) is 0 Å². The molecule has 0 aliphatic heterocycles. The molecule has 3 nitrogen and oxygen atoms in total. The summed E-state index contributed by atoms with van der Waals surface area (Å²) in [5.74, 6) is 2.63. The van der Waals surface area contributed by atoms with Gasteiger partial charge in [0.2, 0.25) is 0 Å². The lowest BCUT2D eigenvalue weighted by atomic mass is 10.3. The topological polar surface area (TPSA) is 42.1 Å². The van der Waals surface area contributed by atoms with Crippen molar-refractivity contribution in [2.24, 2.45) is 11.8 Å². The quantitative estimate of drug-likeness (QED) is 0.821. The van der Waals surface area contributed by atoms with Crippen molar-refractivity contribution in [3.05, 3.63) is 17.8 Å². The highest BCUT2D eigenvalue weighted by Gasteiger charge is 2.33. The number of rotatable bonds is 3. The first-order valence-corrected chi connectivity index (χ1v) is 5.52. The third kappa shape index (κ3) is 2.22. The third-order valence-electron chi connectivity index (χ3n) is 3.19. The first-order chi connectivity index (χ1) is 7.08. The van der Waals surface area contributed by atoms with Gasteiger partial charge >= 0.3 is 0 Å². The molecule has 1 aliphatic carbocycles. The normalized spacial score (nSPS) is 23.9. The van der Waals surface area contributed by atoms with E-state index in [4.69, 9.17) is 5.73 Å². The van der Waals surface area contributed by atoms with E-state index < -0.39 is 0 Å². The van der Waals surface area contributed by atoms with E-state index in [-0.39, 0.29) is 0 Å². The molecule has 0 amide bonds. The van der Waals surface area contributed by atoms with Gasteiger partial charge < -0.3 is 10.6 Å². The van der Waals surface area contributed by atoms with Crippen molar-refractivity contribution in [1.29, 1.82) is 0 Å². The molecule has 1 aromatic rings. The molecule has 2 unspecified atom stereocenters. The van der Waals surface area contributed by atoms with Crippen molar-refractivity contribution < 1.29 is 0 Å². The van der Waals surface area contributed by atoms with Crippen molar-refractivity contribution in [1.82, 2.24) is 4.98 Å². The molecule has 1 fully saturated rings. The van der Waals surface area contributed by atoms with E-state index in [2.05, 4.69) is 23.9 Å². The SMILES string of the molecule is Cc1ccc(N)c(N(C)CC2CC2C)n1. The molecule has 1 heterocycles. The van der Waals surface area contributed by atoms with E-state index in [0.717, 1.165) is 35.6 Å². The summed E-state index contributed by atoms with van der Waals surface area (Å²) < 4.78 is 0. The smallest absolute Gasteiger partial charge is 0.151 e. The number of pyridine rings is 1. The number of nitrogens with two attached hydrogens (primary N) is 1. The molecule has 3 heteroatoms. The summed E-state index contributed by atoms with van der Waals surface area (Å²) in [7, 11) is 2.07. The minimum absolute atomic E-state index is 0.774. The highest BCUT2D eigenvalue weighted by Crippen LogP contribution is 2.38. The van der Waals surface area contributed by atoms with Crippen LogP contribution >= 0.6 is 0 Å². The zero-order valence-corrected chi connectivity index (χ0v) is 9.70. The Morgan fingerprint density at radius 3 is 2.80 bits per heavy atom. The van der Waals surface area contributed by atoms with Gasteiger partial charge in [-0.3, -0.25) is 0 Å². The van der Waals surface area contributed by atoms with Crippen LogP contribution in [0.25, 0.3) is 0 Å². The summed E-state index contributed by atoms with van der Waals surface area (Å²) in [4.78, 5) is 6.66. The molecule has 1 aromatic heterocycles. The fourth-order valence-electron chi connectivity index (χ4n) is 1.95. The van der Waals surface area contributed by atoms with Crippen LogP contribution in [0.4, 0.5) is 11.5 Å². The van der Waals surface area contributed by atoms with Crippen molar-refractivity contribution >= 4 is 11.5 Å². The van der Waals surface area contributed by atoms with Gasteiger partial charge in [0.05, 0.1) is 5.69 Å². The Bertz CT molecular complexity index is 362. The monoisotopic (exact) mass is 205 g/mol. The largest absolute Gasteiger partial charge is 0.396 e. The van der Waals surface area contributed by atoms with Gasteiger partial charge in [0.25, 0.3) is 0 Å². The molecule has 2 rings (SSSR count). The molecule has 0 spiro atoms. The zero-order chi connectivity index (χ0) is 11.0. The average Bonchev–Trinajstić information content (AvgIpc) is 2.86. The molecule has 0 radical (unpaired) electrons. The Morgan fingerprint density at radius 1 is 1.53 bits per heavy atom. The van der Waals surface area contributed by atoms with Gasteiger partial charge in [0.1, 0.15) is 0 Å². The zero-order valence-electron chi connectivity index (χ0n) is 9.70. The van der Waals surface area contributed by atoms with Crippen LogP contribution in [0.15, 0.2) is 12.1 Å². The van der Waals surface area contributed by atoms with E-state index in [9.17, 15) is 0 Å². The second-order valence-electron chi connectivity index (χ2n) is 4.72. The van der Waals surface area contributed by atoms with Crippen molar-refractivity contribution in [3.8, 4) is 0 Å². The number of aromatic nitrogens is 1. The maximum atomic E-state index is 5.92. The molecule has 0 bridgehead atoms. The third-order valence-corrected chi connectivity index (χ3v) is 3.19. The predicted octanol–water partition coefficient (Wildman–Crippen LogP) is 2.06. The van der Waals surface area contributed by atoms with Crippen LogP contribution in [0.2, 0.25) is 0 Å². The van der Waals surface area contributed by atoms with Crippen LogP contribution in [0, 0.1) is 18.8 Å². The minimum Gasteiger partial charge on any atom is -0.396 e. The van der Waals surface area contributed by atoms with E-state index in [0.29, 0.717) is 0 Å². The summed E-state index contributed by atoms with van der Waals surface area (Å²) in [6.45, 7) is 5.36. The number of anilines is 2. The number of nitrogen functional groups attached to an aromatic ring is 1. The summed E-state index contributed by atoms with van der Waals surface area (Å²) in [6.07, 6.45) is 1.34. The maximum Gasteiger partial charge on any atom is 0.151 e. The average molecular weight is 205 g/mol. The summed E-state index contributed by atoms with van der Waals surface area (Å²) in [6, 6.07) is 3.89. The van der Waals surface area contributed by atoms with E-state index in [1.165, 1.54) is 6.42 Å². The van der Waals surface area contributed by atoms with Crippen molar-refractivity contribution in [2.45, 2.75) is 20.3 Å². The van der Waals surface area contributed by atoms with Crippen LogP contribution in [-0.2, 0) is 0 Å². The van der Waals surface area contributed by atoms with Crippen LogP contribution in [0.1, 0.15) is 19.0 Å². The van der Waals surface area contributed by atoms with Gasteiger partial charge in [-0.15, -0.1) is 0 Å². The lowest BCUT2D eigenvalue weighted by Crippen LogP contribution is -2.23. The van der Waals surface area contributed by atoms with Gasteiger partial charge in [-0.05, 0) is 37.3 Å². The predicted molar refractivity (Wildman–Crippen MR) is 63.9 cm³/mol. The Labute approximate surface area is 91.3 Å². The van der Waals surface area contributed by atoms with Gasteiger partial charge in [0, 0.05) is 19.3 Å². The van der Waals surface area contributed by atoms with Crippen LogP contribution in [0.5, 0.6) is 0 Å². The highest BCUT2D eigenvalue weighted by molar-refractivity contribution is 5.62. The highest BCUT2D eigenvalue weighted by atomic mass is 15.2. The fraction of sp³-hybridized carbons (Fsp3) is 0.583. The van der Waals surface area contributed by atoms with Crippen LogP contribution in [0.3, 0.4) is 0 Å². The Hall–Kier alpha value is -1.25. The number of aryl methyl sites for hydroxylation is 1. The lowest BCUT2D eigenvalue weighted by molar-refractivity contribution is 0.719. The van der Waals surface area contributed by atoms with E-state index >= 15 is 0 Å². The summed E-state index contributed by atoms with van der Waals surface area (Å²) in [5.41, 5.74) is 7.71. The summed E-state index contributed by atoms with van der Waals surface area (Å²) >= 11 is 0. The second-order valence-corrected chi connectivity index (χ2v) is 4.72. The minimum atomic E-state index is 0.774. The molecular formula is C12H19N3. The first kappa shape index (κ1) is 10.3.